The molecule has 0 fully saturated rings. The number of carbonyl (C=O) groups excluding carboxylic acids is 2. The van der Waals surface area contributed by atoms with Gasteiger partial charge in [0.15, 0.2) is 0 Å². The first-order valence-corrected chi connectivity index (χ1v) is 7.29. The number of hydrogen-bond acceptors (Lipinski definition) is 5. The summed E-state index contributed by atoms with van der Waals surface area (Å²) in [4.78, 5) is 22.4. The van der Waals surface area contributed by atoms with E-state index in [0.717, 1.165) is 0 Å². The van der Waals surface area contributed by atoms with Crippen molar-refractivity contribution < 1.29 is 24.5 Å². The number of alkyl carbamates (subject to hydrolysis) is 1. The van der Waals surface area contributed by atoms with Crippen LogP contribution in [0.25, 0.3) is 0 Å². The van der Waals surface area contributed by atoms with Crippen LogP contribution in [0.1, 0.15) is 39.4 Å². The van der Waals surface area contributed by atoms with Crippen LogP contribution in [0.3, 0.4) is 0 Å². The third kappa shape index (κ3) is 7.12. The van der Waals surface area contributed by atoms with E-state index in [1.165, 1.54) is 6.92 Å². The van der Waals surface area contributed by atoms with Gasteiger partial charge in [0.25, 0.3) is 0 Å². The summed E-state index contributed by atoms with van der Waals surface area (Å²) >= 11 is 0. The van der Waals surface area contributed by atoms with Crippen LogP contribution in [-0.4, -0.2) is 40.5 Å². The molecule has 0 aliphatic carbocycles. The van der Waals surface area contributed by atoms with E-state index in [1.807, 2.05) is 0 Å². The molecule has 0 bridgehead atoms. The standard InChI is InChI=1S/C16H24N2O5/c1-10(19)18-12-7-5-11(6-8-12)14(21)13(20)9-17-15(22)23-16(2,3)4/h5-8,13-14,20-21H,9H2,1-4H3,(H,17,22)(H,18,19). The second-order valence-corrected chi connectivity index (χ2v) is 6.20. The molecular formula is C16H24N2O5. The van der Waals surface area contributed by atoms with Gasteiger partial charge in [0.05, 0.1) is 0 Å². The number of ether oxygens (including phenoxy) is 1. The molecule has 1 aromatic carbocycles. The molecule has 1 rings (SSSR count). The Hall–Kier alpha value is -2.12. The fraction of sp³-hybridized carbons (Fsp3) is 0.500. The van der Waals surface area contributed by atoms with Crippen molar-refractivity contribution in [2.45, 2.75) is 45.5 Å². The van der Waals surface area contributed by atoms with Crippen molar-refractivity contribution in [2.24, 2.45) is 0 Å². The highest BCUT2D eigenvalue weighted by Gasteiger charge is 2.21. The Labute approximate surface area is 135 Å². The first kappa shape index (κ1) is 18.9. The molecule has 0 saturated carbocycles. The first-order chi connectivity index (χ1) is 10.6. The zero-order valence-electron chi connectivity index (χ0n) is 13.8. The maximum Gasteiger partial charge on any atom is 0.407 e. The number of nitrogens with one attached hydrogen (secondary N) is 2. The fourth-order valence-electron chi connectivity index (χ4n) is 1.80. The van der Waals surface area contributed by atoms with E-state index in [4.69, 9.17) is 4.74 Å². The second-order valence-electron chi connectivity index (χ2n) is 6.20. The molecule has 128 valence electrons. The fourth-order valence-corrected chi connectivity index (χ4v) is 1.80. The number of amides is 2. The molecule has 7 heteroatoms. The molecule has 2 unspecified atom stereocenters. The highest BCUT2D eigenvalue weighted by Crippen LogP contribution is 2.19. The minimum atomic E-state index is -1.19. The van der Waals surface area contributed by atoms with E-state index in [9.17, 15) is 19.8 Å². The van der Waals surface area contributed by atoms with Crippen LogP contribution in [0.4, 0.5) is 10.5 Å². The first-order valence-electron chi connectivity index (χ1n) is 7.29. The van der Waals surface area contributed by atoms with Gasteiger partial charge >= 0.3 is 6.09 Å². The number of anilines is 1. The number of hydrogen-bond donors (Lipinski definition) is 4. The lowest BCUT2D eigenvalue weighted by Gasteiger charge is -2.22. The van der Waals surface area contributed by atoms with E-state index in [2.05, 4.69) is 10.6 Å². The van der Waals surface area contributed by atoms with Crippen molar-refractivity contribution in [3.05, 3.63) is 29.8 Å². The van der Waals surface area contributed by atoms with E-state index in [0.29, 0.717) is 11.3 Å². The summed E-state index contributed by atoms with van der Waals surface area (Å²) < 4.78 is 5.04. The Morgan fingerprint density at radius 1 is 1.17 bits per heavy atom. The summed E-state index contributed by atoms with van der Waals surface area (Å²) in [7, 11) is 0. The maximum atomic E-state index is 11.5. The summed E-state index contributed by atoms with van der Waals surface area (Å²) in [6, 6.07) is 6.42. The zero-order valence-corrected chi connectivity index (χ0v) is 13.8. The molecule has 4 N–H and O–H groups in total. The summed E-state index contributed by atoms with van der Waals surface area (Å²) in [5.41, 5.74) is 0.431. The van der Waals surface area contributed by atoms with Gasteiger partial charge in [-0.25, -0.2) is 4.79 Å². The average molecular weight is 324 g/mol. The van der Waals surface area contributed by atoms with Gasteiger partial charge in [0.2, 0.25) is 5.91 Å². The number of benzene rings is 1. The maximum absolute atomic E-state index is 11.5. The number of rotatable bonds is 5. The van der Waals surface area contributed by atoms with E-state index >= 15 is 0 Å². The van der Waals surface area contributed by atoms with Gasteiger partial charge in [-0.3, -0.25) is 4.79 Å². The molecule has 0 spiro atoms. The molecule has 7 nitrogen and oxygen atoms in total. The Bertz CT molecular complexity index is 536. The summed E-state index contributed by atoms with van der Waals surface area (Å²) in [5.74, 6) is -0.195. The molecule has 0 radical (unpaired) electrons. The van der Waals surface area contributed by atoms with Crippen molar-refractivity contribution in [1.29, 1.82) is 0 Å². The Morgan fingerprint density at radius 3 is 2.22 bits per heavy atom. The monoisotopic (exact) mass is 324 g/mol. The lowest BCUT2D eigenvalue weighted by atomic mass is 10.0. The molecule has 2 atom stereocenters. The molecule has 2 amide bonds. The second kappa shape index (κ2) is 7.94. The van der Waals surface area contributed by atoms with Crippen LogP contribution in [0.2, 0.25) is 0 Å². The van der Waals surface area contributed by atoms with Gasteiger partial charge in [-0.05, 0) is 38.5 Å². The van der Waals surface area contributed by atoms with Crippen molar-refractivity contribution in [2.75, 3.05) is 11.9 Å². The summed E-state index contributed by atoms with van der Waals surface area (Å²) in [6.07, 6.45) is -3.02. The third-order valence-corrected chi connectivity index (χ3v) is 2.79. The van der Waals surface area contributed by atoms with Gasteiger partial charge in [0.1, 0.15) is 17.8 Å². The summed E-state index contributed by atoms with van der Waals surface area (Å²) in [6.45, 7) is 6.44. The Morgan fingerprint density at radius 2 is 1.74 bits per heavy atom. The Balaban J connectivity index is 2.54. The topological polar surface area (TPSA) is 108 Å². The predicted molar refractivity (Wildman–Crippen MR) is 85.9 cm³/mol. The van der Waals surface area contributed by atoms with Crippen LogP contribution >= 0.6 is 0 Å². The smallest absolute Gasteiger partial charge is 0.407 e. The normalized spacial score (nSPS) is 13.8. The van der Waals surface area contributed by atoms with Crippen LogP contribution in [-0.2, 0) is 9.53 Å². The minimum Gasteiger partial charge on any atom is -0.444 e. The molecule has 0 heterocycles. The van der Waals surface area contributed by atoms with E-state index in [-0.39, 0.29) is 12.5 Å². The molecular weight excluding hydrogens is 300 g/mol. The quantitative estimate of drug-likeness (QED) is 0.657. The average Bonchev–Trinajstić information content (AvgIpc) is 2.42. The highest BCUT2D eigenvalue weighted by molar-refractivity contribution is 5.88. The van der Waals surface area contributed by atoms with Crippen molar-refractivity contribution in [1.82, 2.24) is 5.32 Å². The highest BCUT2D eigenvalue weighted by atomic mass is 16.6. The van der Waals surface area contributed by atoms with Crippen LogP contribution in [0.15, 0.2) is 24.3 Å². The molecule has 0 aliphatic heterocycles. The number of aliphatic hydroxyl groups is 2. The molecule has 1 aromatic rings. The van der Waals surface area contributed by atoms with Gasteiger partial charge in [-0.15, -0.1) is 0 Å². The number of aliphatic hydroxyl groups excluding tert-OH is 2. The lowest BCUT2D eigenvalue weighted by molar-refractivity contribution is -0.114. The molecule has 23 heavy (non-hydrogen) atoms. The largest absolute Gasteiger partial charge is 0.444 e. The minimum absolute atomic E-state index is 0.149. The van der Waals surface area contributed by atoms with Crippen LogP contribution in [0, 0.1) is 0 Å². The predicted octanol–water partition coefficient (Wildman–Crippen LogP) is 1.56. The van der Waals surface area contributed by atoms with Gasteiger partial charge < -0.3 is 25.6 Å². The Kier molecular flexibility index (Phi) is 6.53. The van der Waals surface area contributed by atoms with Crippen molar-refractivity contribution in [3.63, 3.8) is 0 Å². The SMILES string of the molecule is CC(=O)Nc1ccc(C(O)C(O)CNC(=O)OC(C)(C)C)cc1. The molecule has 0 saturated heterocycles. The summed E-state index contributed by atoms with van der Waals surface area (Å²) in [5, 5.41) is 25.0. The van der Waals surface area contributed by atoms with Gasteiger partial charge in [0, 0.05) is 19.2 Å². The van der Waals surface area contributed by atoms with Crippen LogP contribution in [0.5, 0.6) is 0 Å². The van der Waals surface area contributed by atoms with Crippen LogP contribution < -0.4 is 10.6 Å². The zero-order chi connectivity index (χ0) is 17.6. The third-order valence-electron chi connectivity index (χ3n) is 2.79. The van der Waals surface area contributed by atoms with E-state index < -0.39 is 23.9 Å². The van der Waals surface area contributed by atoms with Gasteiger partial charge in [-0.1, -0.05) is 12.1 Å². The van der Waals surface area contributed by atoms with Crippen molar-refractivity contribution in [3.8, 4) is 0 Å². The number of carbonyl (C=O) groups is 2. The molecule has 0 aliphatic rings. The molecule has 0 aromatic heterocycles. The van der Waals surface area contributed by atoms with Gasteiger partial charge in [-0.2, -0.15) is 0 Å². The lowest BCUT2D eigenvalue weighted by Crippen LogP contribution is -2.38. The van der Waals surface area contributed by atoms with E-state index in [1.54, 1.807) is 45.0 Å². The van der Waals surface area contributed by atoms with Crippen molar-refractivity contribution >= 4 is 17.7 Å².